The molecule has 1 unspecified atom stereocenters. The number of hydrogen-bond acceptors (Lipinski definition) is 5. The van der Waals surface area contributed by atoms with E-state index in [1.54, 1.807) is 6.07 Å². The molecule has 1 atom stereocenters. The number of aliphatic hydroxyl groups excluding tert-OH is 1. The fraction of sp³-hybridized carbons (Fsp3) is 0.407. The molecule has 4 heterocycles. The quantitative estimate of drug-likeness (QED) is 0.652. The van der Waals surface area contributed by atoms with Crippen molar-refractivity contribution < 1.29 is 19.0 Å². The predicted molar refractivity (Wildman–Crippen MR) is 129 cm³/mol. The van der Waals surface area contributed by atoms with Crippen molar-refractivity contribution in [2.24, 2.45) is 0 Å². The van der Waals surface area contributed by atoms with E-state index in [1.165, 1.54) is 25.0 Å². The van der Waals surface area contributed by atoms with Gasteiger partial charge in [-0.1, -0.05) is 12.5 Å². The maximum atomic E-state index is 13.6. The SMILES string of the molecule is CC1(C)O/C(=C2/C(=O)Nc3cc(F)ccc32)C=C1c1ccc(CCN2CCCCC2CO)nc1. The van der Waals surface area contributed by atoms with Crippen molar-refractivity contribution >= 4 is 22.7 Å². The van der Waals surface area contributed by atoms with E-state index in [1.807, 2.05) is 38.3 Å². The summed E-state index contributed by atoms with van der Waals surface area (Å²) in [6, 6.07) is 8.61. The van der Waals surface area contributed by atoms with Gasteiger partial charge in [-0.2, -0.15) is 0 Å². The number of nitrogens with zero attached hydrogens (tertiary/aromatic N) is 2. The van der Waals surface area contributed by atoms with Gasteiger partial charge < -0.3 is 15.2 Å². The molecule has 0 saturated carbocycles. The van der Waals surface area contributed by atoms with Gasteiger partial charge in [0.2, 0.25) is 0 Å². The maximum Gasteiger partial charge on any atom is 0.260 e. The van der Waals surface area contributed by atoms with Gasteiger partial charge in [-0.3, -0.25) is 14.7 Å². The van der Waals surface area contributed by atoms with Gasteiger partial charge in [0.15, 0.2) is 0 Å². The number of rotatable bonds is 5. The molecular weight excluding hydrogens is 433 g/mol. The topological polar surface area (TPSA) is 74.7 Å². The van der Waals surface area contributed by atoms with Gasteiger partial charge in [0, 0.05) is 47.6 Å². The van der Waals surface area contributed by atoms with Crippen LogP contribution >= 0.6 is 0 Å². The van der Waals surface area contributed by atoms with E-state index in [9.17, 15) is 14.3 Å². The lowest BCUT2D eigenvalue weighted by atomic mass is 9.93. The summed E-state index contributed by atoms with van der Waals surface area (Å²) in [7, 11) is 0. The Morgan fingerprint density at radius 2 is 2.12 bits per heavy atom. The molecule has 34 heavy (non-hydrogen) atoms. The molecule has 178 valence electrons. The maximum absolute atomic E-state index is 13.6. The largest absolute Gasteiger partial charge is 0.482 e. The van der Waals surface area contributed by atoms with Crippen molar-refractivity contribution in [3.05, 3.63) is 71.0 Å². The number of aliphatic hydroxyl groups is 1. The number of benzene rings is 1. The minimum absolute atomic E-state index is 0.213. The number of pyridine rings is 1. The zero-order valence-electron chi connectivity index (χ0n) is 19.6. The highest BCUT2D eigenvalue weighted by Gasteiger charge is 2.38. The molecule has 1 amide bonds. The van der Waals surface area contributed by atoms with Crippen molar-refractivity contribution in [1.82, 2.24) is 9.88 Å². The molecule has 1 aromatic heterocycles. The van der Waals surface area contributed by atoms with Gasteiger partial charge in [0.05, 0.1) is 17.9 Å². The summed E-state index contributed by atoms with van der Waals surface area (Å²) in [4.78, 5) is 19.7. The molecule has 0 radical (unpaired) electrons. The number of ether oxygens (including phenoxy) is 1. The fourth-order valence-corrected chi connectivity index (χ4v) is 5.16. The van der Waals surface area contributed by atoms with Crippen LogP contribution in [0, 0.1) is 5.82 Å². The minimum atomic E-state index is -0.642. The van der Waals surface area contributed by atoms with E-state index in [2.05, 4.69) is 15.2 Å². The first-order valence-electron chi connectivity index (χ1n) is 11.9. The van der Waals surface area contributed by atoms with Crippen molar-refractivity contribution in [2.75, 3.05) is 25.0 Å². The van der Waals surface area contributed by atoms with E-state index >= 15 is 0 Å². The molecule has 1 fully saturated rings. The Morgan fingerprint density at radius 1 is 1.26 bits per heavy atom. The van der Waals surface area contributed by atoms with Crippen molar-refractivity contribution in [3.63, 3.8) is 0 Å². The Hall–Kier alpha value is -3.03. The van der Waals surface area contributed by atoms with E-state index in [-0.39, 0.29) is 18.6 Å². The molecule has 2 aromatic rings. The van der Waals surface area contributed by atoms with Crippen LogP contribution in [0.25, 0.3) is 11.1 Å². The van der Waals surface area contributed by atoms with Crippen LogP contribution in [0.4, 0.5) is 10.1 Å². The average Bonchev–Trinajstić information content (AvgIpc) is 3.32. The molecule has 6 nitrogen and oxygen atoms in total. The molecular formula is C27H30FN3O3. The molecule has 7 heteroatoms. The fourth-order valence-electron chi connectivity index (χ4n) is 5.16. The number of anilines is 1. The van der Waals surface area contributed by atoms with Crippen molar-refractivity contribution in [3.8, 4) is 0 Å². The summed E-state index contributed by atoms with van der Waals surface area (Å²) in [5.74, 6) is -0.212. The highest BCUT2D eigenvalue weighted by atomic mass is 19.1. The zero-order chi connectivity index (χ0) is 23.9. The van der Waals surface area contributed by atoms with Crippen LogP contribution in [0.3, 0.4) is 0 Å². The second kappa shape index (κ2) is 8.96. The lowest BCUT2D eigenvalue weighted by Crippen LogP contribution is -2.42. The Labute approximate surface area is 199 Å². The van der Waals surface area contributed by atoms with Crippen LogP contribution in [-0.4, -0.2) is 52.2 Å². The first-order chi connectivity index (χ1) is 16.4. The number of hydrogen-bond donors (Lipinski definition) is 2. The number of halogens is 1. The van der Waals surface area contributed by atoms with Crippen LogP contribution in [0.2, 0.25) is 0 Å². The minimum Gasteiger partial charge on any atom is -0.482 e. The van der Waals surface area contributed by atoms with Crippen LogP contribution in [0.15, 0.2) is 48.4 Å². The summed E-state index contributed by atoms with van der Waals surface area (Å²) in [5, 5.41) is 12.4. The van der Waals surface area contributed by atoms with E-state index in [4.69, 9.17) is 4.74 Å². The first kappa shape index (κ1) is 22.7. The Morgan fingerprint density at radius 3 is 2.88 bits per heavy atom. The molecule has 0 bridgehead atoms. The number of piperidine rings is 1. The third-order valence-electron chi connectivity index (χ3n) is 7.01. The molecule has 2 N–H and O–H groups in total. The van der Waals surface area contributed by atoms with Crippen molar-refractivity contribution in [2.45, 2.75) is 51.2 Å². The molecule has 3 aliphatic rings. The van der Waals surface area contributed by atoms with Crippen LogP contribution < -0.4 is 5.32 Å². The van der Waals surface area contributed by atoms with Crippen LogP contribution in [0.1, 0.15) is 49.9 Å². The molecule has 0 aliphatic carbocycles. The number of carbonyl (C=O) groups is 1. The normalized spacial score (nSPS) is 23.9. The predicted octanol–water partition coefficient (Wildman–Crippen LogP) is 4.17. The van der Waals surface area contributed by atoms with Crippen LogP contribution in [0.5, 0.6) is 0 Å². The summed E-state index contributed by atoms with van der Waals surface area (Å²) in [6.07, 6.45) is 8.01. The summed E-state index contributed by atoms with van der Waals surface area (Å²) in [5.41, 5.74) is 3.76. The summed E-state index contributed by atoms with van der Waals surface area (Å²) in [6.45, 7) is 6.06. The molecule has 0 spiro atoms. The van der Waals surface area contributed by atoms with Crippen LogP contribution in [-0.2, 0) is 16.0 Å². The number of fused-ring (bicyclic) bond motifs is 1. The highest BCUT2D eigenvalue weighted by molar-refractivity contribution is 6.32. The smallest absolute Gasteiger partial charge is 0.260 e. The zero-order valence-corrected chi connectivity index (χ0v) is 19.6. The van der Waals surface area contributed by atoms with Crippen molar-refractivity contribution in [1.29, 1.82) is 0 Å². The Bertz CT molecular complexity index is 1170. The average molecular weight is 464 g/mol. The number of aromatic nitrogens is 1. The highest BCUT2D eigenvalue weighted by Crippen LogP contribution is 2.44. The van der Waals surface area contributed by atoms with Gasteiger partial charge >= 0.3 is 0 Å². The third-order valence-corrected chi connectivity index (χ3v) is 7.01. The molecule has 1 saturated heterocycles. The van der Waals surface area contributed by atoms with Gasteiger partial charge in [0.1, 0.15) is 17.2 Å². The Balaban J connectivity index is 1.37. The second-order valence-corrected chi connectivity index (χ2v) is 9.71. The van der Waals surface area contributed by atoms with Gasteiger partial charge in [-0.05, 0) is 63.6 Å². The molecule has 3 aliphatic heterocycles. The lowest BCUT2D eigenvalue weighted by Gasteiger charge is -2.34. The van der Waals surface area contributed by atoms with Gasteiger partial charge in [-0.15, -0.1) is 0 Å². The number of carbonyl (C=O) groups excluding carboxylic acids is 1. The van der Waals surface area contributed by atoms with E-state index in [0.717, 1.165) is 42.8 Å². The number of allylic oxidation sites excluding steroid dienone is 1. The monoisotopic (exact) mass is 463 g/mol. The first-order valence-corrected chi connectivity index (χ1v) is 11.9. The number of amides is 1. The summed E-state index contributed by atoms with van der Waals surface area (Å²) >= 11 is 0. The second-order valence-electron chi connectivity index (χ2n) is 9.71. The number of nitrogens with one attached hydrogen (secondary N) is 1. The summed E-state index contributed by atoms with van der Waals surface area (Å²) < 4.78 is 19.8. The van der Waals surface area contributed by atoms with Gasteiger partial charge in [-0.25, -0.2) is 4.39 Å². The third kappa shape index (κ3) is 4.26. The Kier molecular flexibility index (Phi) is 6.00. The standard InChI is InChI=1S/C27H30FN3O3/c1-27(2)22(14-24(34-27)25-21-9-7-18(28)13-23(21)30-26(25)33)17-6-8-19(29-15-17)10-12-31-11-4-3-5-20(31)16-32/h6-9,13-15,20,32H,3-5,10-12,16H2,1-2H3,(H,30,33)/b25-24+. The van der Waals surface area contributed by atoms with E-state index < -0.39 is 11.4 Å². The molecule has 5 rings (SSSR count). The number of likely N-dealkylation sites (tertiary alicyclic amines) is 1. The van der Waals surface area contributed by atoms with E-state index in [0.29, 0.717) is 22.6 Å². The lowest BCUT2D eigenvalue weighted by molar-refractivity contribution is -0.111. The molecule has 1 aromatic carbocycles. The van der Waals surface area contributed by atoms with Gasteiger partial charge in [0.25, 0.3) is 5.91 Å².